The van der Waals surface area contributed by atoms with E-state index in [1.165, 1.54) is 51.3 Å². The molecule has 0 atom stereocenters. The molecular formula is C70H46N2S2. The van der Waals surface area contributed by atoms with Crippen LogP contribution in [0.4, 0.5) is 34.1 Å². The average Bonchev–Trinajstić information content (AvgIpc) is 4.06. The van der Waals surface area contributed by atoms with Crippen LogP contribution in [0.3, 0.4) is 0 Å². The minimum absolute atomic E-state index is 1.07. The van der Waals surface area contributed by atoms with Crippen LogP contribution in [0.25, 0.3) is 95.6 Å². The van der Waals surface area contributed by atoms with Gasteiger partial charge in [0.2, 0.25) is 0 Å². The molecule has 0 saturated carbocycles. The van der Waals surface area contributed by atoms with E-state index in [-0.39, 0.29) is 0 Å². The third kappa shape index (κ3) is 7.54. The van der Waals surface area contributed by atoms with Gasteiger partial charge in [0.25, 0.3) is 0 Å². The van der Waals surface area contributed by atoms with Crippen molar-refractivity contribution < 1.29 is 0 Å². The third-order valence-electron chi connectivity index (χ3n) is 14.4. The minimum atomic E-state index is 1.07. The monoisotopic (exact) mass is 978 g/mol. The van der Waals surface area contributed by atoms with Crippen LogP contribution in [-0.4, -0.2) is 0 Å². The topological polar surface area (TPSA) is 6.48 Å². The molecule has 12 aromatic carbocycles. The zero-order valence-corrected chi connectivity index (χ0v) is 41.9. The summed E-state index contributed by atoms with van der Waals surface area (Å²) in [5.74, 6) is 0. The lowest BCUT2D eigenvalue weighted by Gasteiger charge is -2.32. The molecule has 0 radical (unpaired) electrons. The summed E-state index contributed by atoms with van der Waals surface area (Å²) < 4.78 is 5.04. The van der Waals surface area contributed by atoms with E-state index in [1.807, 2.05) is 22.7 Å². The molecule has 74 heavy (non-hydrogen) atoms. The zero-order chi connectivity index (χ0) is 49.0. The maximum Gasteiger partial charge on any atom is 0.0640 e. The van der Waals surface area contributed by atoms with Crippen LogP contribution in [0, 0.1) is 0 Å². The second-order valence-corrected chi connectivity index (χ2v) is 20.9. The molecule has 0 aliphatic heterocycles. The highest BCUT2D eigenvalue weighted by molar-refractivity contribution is 7.26. The lowest BCUT2D eigenvalue weighted by atomic mass is 9.91. The van der Waals surface area contributed by atoms with Gasteiger partial charge in [-0.25, -0.2) is 0 Å². The molecule has 2 nitrogen and oxygen atoms in total. The van der Waals surface area contributed by atoms with E-state index in [9.17, 15) is 0 Å². The first-order valence-electron chi connectivity index (χ1n) is 25.2. The number of hydrogen-bond acceptors (Lipinski definition) is 4. The Morgan fingerprint density at radius 2 is 0.622 bits per heavy atom. The molecule has 0 aliphatic rings. The summed E-state index contributed by atoms with van der Waals surface area (Å²) in [6, 6.07) is 103. The molecule has 14 rings (SSSR count). The van der Waals surface area contributed by atoms with Gasteiger partial charge in [-0.05, 0) is 99.3 Å². The van der Waals surface area contributed by atoms with Crippen LogP contribution in [0.1, 0.15) is 0 Å². The zero-order valence-electron chi connectivity index (χ0n) is 40.3. The van der Waals surface area contributed by atoms with Crippen molar-refractivity contribution in [3.8, 4) is 44.5 Å². The maximum atomic E-state index is 2.55. The largest absolute Gasteiger partial charge is 0.308 e. The van der Waals surface area contributed by atoms with Gasteiger partial charge in [-0.15, -0.1) is 22.7 Å². The van der Waals surface area contributed by atoms with E-state index in [0.29, 0.717) is 0 Å². The van der Waals surface area contributed by atoms with Crippen molar-refractivity contribution in [1.82, 2.24) is 0 Å². The Balaban J connectivity index is 1.12. The van der Waals surface area contributed by atoms with Crippen LogP contribution >= 0.6 is 22.7 Å². The van der Waals surface area contributed by atoms with Crippen molar-refractivity contribution in [3.63, 3.8) is 0 Å². The molecule has 0 unspecified atom stereocenters. The first-order chi connectivity index (χ1) is 36.7. The number of anilines is 6. The van der Waals surface area contributed by atoms with Gasteiger partial charge in [0.15, 0.2) is 0 Å². The Labute approximate surface area is 438 Å². The van der Waals surface area contributed by atoms with E-state index in [2.05, 4.69) is 289 Å². The molecule has 2 heterocycles. The SMILES string of the molecule is c1ccc(-c2ccccc2N(c2cc(-c3ccccc3)c3cc(-c4ccccc4)c(N(c4ccccc4-c4ccccc4)c4cccc5c4sc4ccccc45)cc3c2)c2cccc3c2sc2ccccc23)cc1. The normalized spacial score (nSPS) is 11.5. The predicted octanol–water partition coefficient (Wildman–Crippen LogP) is 21.2. The quantitative estimate of drug-likeness (QED) is 0.135. The van der Waals surface area contributed by atoms with E-state index in [4.69, 9.17) is 0 Å². The molecule has 0 amide bonds. The number of nitrogens with zero attached hydrogens (tertiary/aromatic N) is 2. The predicted molar refractivity (Wildman–Crippen MR) is 321 cm³/mol. The van der Waals surface area contributed by atoms with Gasteiger partial charge < -0.3 is 9.80 Å². The summed E-state index contributed by atoms with van der Waals surface area (Å²) in [6.07, 6.45) is 0. The van der Waals surface area contributed by atoms with Gasteiger partial charge >= 0.3 is 0 Å². The Bertz CT molecular complexity index is 4370. The number of thiophene rings is 2. The first kappa shape index (κ1) is 43.7. The highest BCUT2D eigenvalue weighted by Gasteiger charge is 2.27. The van der Waals surface area contributed by atoms with Crippen molar-refractivity contribution in [2.45, 2.75) is 0 Å². The lowest BCUT2D eigenvalue weighted by molar-refractivity contribution is 1.30. The molecular weight excluding hydrogens is 933 g/mol. The molecule has 0 spiro atoms. The standard InChI is InChI=1S/C70H46N2S2/c1-5-23-47(24-6-1)53-31-13-17-37-62(53)71(64-39-21-35-57-55-33-15-19-41-67(55)73-69(57)64)52-43-51-44-66(61(50-29-11-4-12-30-50)46-60(51)59(45-52)49-27-9-3-10-28-49)72(63-38-18-14-32-54(63)48-25-7-2-8-26-48)65-40-22-36-58-56-34-16-20-42-68(56)74-70(58)65/h1-46H. The fourth-order valence-electron chi connectivity index (χ4n) is 11.1. The summed E-state index contributed by atoms with van der Waals surface area (Å²) in [7, 11) is 0. The lowest BCUT2D eigenvalue weighted by Crippen LogP contribution is -2.13. The van der Waals surface area contributed by atoms with Crippen molar-refractivity contribution in [2.75, 3.05) is 9.80 Å². The molecule has 4 heteroatoms. The number of para-hydroxylation sites is 2. The van der Waals surface area contributed by atoms with Crippen molar-refractivity contribution in [2.24, 2.45) is 0 Å². The van der Waals surface area contributed by atoms with Crippen LogP contribution in [0.5, 0.6) is 0 Å². The molecule has 0 N–H and O–H groups in total. The molecule has 0 fully saturated rings. The molecule has 0 saturated heterocycles. The first-order valence-corrected chi connectivity index (χ1v) is 26.8. The number of hydrogen-bond donors (Lipinski definition) is 0. The summed E-state index contributed by atoms with van der Waals surface area (Å²) in [4.78, 5) is 5.08. The van der Waals surface area contributed by atoms with Gasteiger partial charge in [-0.2, -0.15) is 0 Å². The van der Waals surface area contributed by atoms with Crippen molar-refractivity contribution >= 4 is 108 Å². The highest BCUT2D eigenvalue weighted by atomic mass is 32.1. The molecule has 0 bridgehead atoms. The van der Waals surface area contributed by atoms with E-state index in [1.54, 1.807) is 0 Å². The fraction of sp³-hybridized carbons (Fsp3) is 0. The summed E-state index contributed by atoms with van der Waals surface area (Å²) in [6.45, 7) is 0. The average molecular weight is 979 g/mol. The molecule has 0 aliphatic carbocycles. The van der Waals surface area contributed by atoms with Gasteiger partial charge in [-0.1, -0.05) is 218 Å². The van der Waals surface area contributed by atoms with Gasteiger partial charge in [0.05, 0.1) is 37.8 Å². The third-order valence-corrected chi connectivity index (χ3v) is 16.8. The van der Waals surface area contributed by atoms with Crippen molar-refractivity contribution in [3.05, 3.63) is 279 Å². The Morgan fingerprint density at radius 3 is 1.15 bits per heavy atom. The number of rotatable bonds is 10. The van der Waals surface area contributed by atoms with Gasteiger partial charge in [0, 0.05) is 53.3 Å². The number of benzene rings is 12. The molecule has 2 aromatic heterocycles. The second-order valence-electron chi connectivity index (χ2n) is 18.8. The smallest absolute Gasteiger partial charge is 0.0640 e. The van der Waals surface area contributed by atoms with Crippen LogP contribution in [0.15, 0.2) is 279 Å². The summed E-state index contributed by atoms with van der Waals surface area (Å²) in [5, 5.41) is 7.37. The maximum absolute atomic E-state index is 2.55. The fourth-order valence-corrected chi connectivity index (χ4v) is 13.5. The van der Waals surface area contributed by atoms with Gasteiger partial charge in [0.1, 0.15) is 0 Å². The summed E-state index contributed by atoms with van der Waals surface area (Å²) >= 11 is 3.74. The molecule has 348 valence electrons. The van der Waals surface area contributed by atoms with Crippen LogP contribution in [0.2, 0.25) is 0 Å². The second kappa shape index (κ2) is 18.5. The van der Waals surface area contributed by atoms with Crippen LogP contribution < -0.4 is 9.80 Å². The van der Waals surface area contributed by atoms with E-state index in [0.717, 1.165) is 78.5 Å². The summed E-state index contributed by atoms with van der Waals surface area (Å²) in [5.41, 5.74) is 15.9. The minimum Gasteiger partial charge on any atom is -0.308 e. The Morgan fingerprint density at radius 1 is 0.230 bits per heavy atom. The molecule has 14 aromatic rings. The highest BCUT2D eigenvalue weighted by Crippen LogP contribution is 2.53. The van der Waals surface area contributed by atoms with E-state index < -0.39 is 0 Å². The van der Waals surface area contributed by atoms with Gasteiger partial charge in [-0.3, -0.25) is 0 Å². The van der Waals surface area contributed by atoms with Crippen molar-refractivity contribution in [1.29, 1.82) is 0 Å². The Kier molecular flexibility index (Phi) is 10.9. The van der Waals surface area contributed by atoms with E-state index >= 15 is 0 Å². The number of fused-ring (bicyclic) bond motifs is 7. The van der Waals surface area contributed by atoms with Crippen LogP contribution in [-0.2, 0) is 0 Å². The Hall–Kier alpha value is -9.06.